The molecule has 5 heteroatoms. The van der Waals surface area contributed by atoms with E-state index < -0.39 is 6.61 Å². The lowest BCUT2D eigenvalue weighted by molar-refractivity contribution is -0.0505. The van der Waals surface area contributed by atoms with Gasteiger partial charge in [-0.3, -0.25) is 0 Å². The van der Waals surface area contributed by atoms with Crippen molar-refractivity contribution in [3.63, 3.8) is 0 Å². The fraction of sp³-hybridized carbons (Fsp3) is 0.538. The van der Waals surface area contributed by atoms with E-state index in [4.69, 9.17) is 0 Å². The topological polar surface area (TPSA) is 21.3 Å². The van der Waals surface area contributed by atoms with Crippen molar-refractivity contribution in [2.24, 2.45) is 5.41 Å². The van der Waals surface area contributed by atoms with Crippen LogP contribution in [-0.4, -0.2) is 12.7 Å². The molecule has 18 heavy (non-hydrogen) atoms. The molecular weight excluding hydrogens is 304 g/mol. The predicted octanol–water partition coefficient (Wildman–Crippen LogP) is 3.94. The van der Waals surface area contributed by atoms with E-state index in [1.807, 2.05) is 0 Å². The fourth-order valence-corrected chi connectivity index (χ4v) is 2.35. The minimum Gasteiger partial charge on any atom is -0.434 e. The quantitative estimate of drug-likeness (QED) is 0.887. The van der Waals surface area contributed by atoms with E-state index >= 15 is 0 Å². The fourth-order valence-electron chi connectivity index (χ4n) is 1.95. The molecule has 2 rings (SSSR count). The average molecular weight is 320 g/mol. The Bertz CT molecular complexity index is 437. The number of benzene rings is 1. The lowest BCUT2D eigenvalue weighted by Crippen LogP contribution is -2.20. The van der Waals surface area contributed by atoms with Crippen LogP contribution < -0.4 is 10.1 Å². The predicted molar refractivity (Wildman–Crippen MR) is 69.8 cm³/mol. The minimum atomic E-state index is -2.79. The third-order valence-corrected chi connectivity index (χ3v) is 3.78. The molecule has 1 atom stereocenters. The number of nitrogens with one attached hydrogen (secondary N) is 1. The van der Waals surface area contributed by atoms with Crippen LogP contribution >= 0.6 is 15.9 Å². The van der Waals surface area contributed by atoms with Crippen molar-refractivity contribution >= 4 is 15.9 Å². The number of hydrogen-bond donors (Lipinski definition) is 1. The average Bonchev–Trinajstić information content (AvgIpc) is 2.86. The molecule has 1 aromatic carbocycles. The molecule has 1 aromatic rings. The van der Waals surface area contributed by atoms with E-state index in [1.54, 1.807) is 18.2 Å². The normalized spacial score (nSPS) is 21.1. The SMILES string of the molecule is CC1(C)CC1NCc1cc(Br)ccc1OC(F)F. The minimum absolute atomic E-state index is 0.235. The van der Waals surface area contributed by atoms with Gasteiger partial charge in [0.1, 0.15) is 5.75 Å². The molecule has 0 bridgehead atoms. The van der Waals surface area contributed by atoms with E-state index in [2.05, 4.69) is 39.8 Å². The molecule has 0 saturated heterocycles. The summed E-state index contributed by atoms with van der Waals surface area (Å²) in [6.45, 7) is 2.11. The summed E-state index contributed by atoms with van der Waals surface area (Å²) in [4.78, 5) is 0. The van der Waals surface area contributed by atoms with Gasteiger partial charge in [-0.05, 0) is 30.0 Å². The van der Waals surface area contributed by atoms with E-state index in [0.29, 0.717) is 18.0 Å². The number of hydrogen-bond acceptors (Lipinski definition) is 2. The summed E-state index contributed by atoms with van der Waals surface area (Å²) in [6, 6.07) is 5.52. The van der Waals surface area contributed by atoms with Gasteiger partial charge in [0.2, 0.25) is 0 Å². The van der Waals surface area contributed by atoms with E-state index in [1.165, 1.54) is 0 Å². The highest BCUT2D eigenvalue weighted by Gasteiger charge is 2.45. The first-order valence-corrected chi connectivity index (χ1v) is 6.64. The zero-order chi connectivity index (χ0) is 13.3. The van der Waals surface area contributed by atoms with Gasteiger partial charge in [-0.15, -0.1) is 0 Å². The number of halogens is 3. The lowest BCUT2D eigenvalue weighted by Gasteiger charge is -2.12. The molecule has 1 saturated carbocycles. The van der Waals surface area contributed by atoms with Gasteiger partial charge in [0, 0.05) is 22.6 Å². The highest BCUT2D eigenvalue weighted by atomic mass is 79.9. The van der Waals surface area contributed by atoms with Crippen LogP contribution in [0.3, 0.4) is 0 Å². The molecule has 1 fully saturated rings. The first kappa shape index (κ1) is 13.7. The molecule has 1 aliphatic carbocycles. The number of rotatable bonds is 5. The third-order valence-electron chi connectivity index (χ3n) is 3.29. The van der Waals surface area contributed by atoms with Crippen LogP contribution in [0.2, 0.25) is 0 Å². The zero-order valence-electron chi connectivity index (χ0n) is 10.3. The summed E-state index contributed by atoms with van der Waals surface area (Å²) < 4.78 is 29.9. The first-order chi connectivity index (χ1) is 8.38. The number of alkyl halides is 2. The van der Waals surface area contributed by atoms with E-state index in [0.717, 1.165) is 16.5 Å². The van der Waals surface area contributed by atoms with Gasteiger partial charge in [0.05, 0.1) is 0 Å². The Morgan fingerprint density at radius 3 is 2.72 bits per heavy atom. The second-order valence-corrected chi connectivity index (χ2v) is 6.17. The van der Waals surface area contributed by atoms with E-state index in [9.17, 15) is 8.78 Å². The maximum atomic E-state index is 12.3. The number of ether oxygens (including phenoxy) is 1. The van der Waals surface area contributed by atoms with Crippen molar-refractivity contribution in [3.8, 4) is 5.75 Å². The van der Waals surface area contributed by atoms with Crippen molar-refractivity contribution < 1.29 is 13.5 Å². The van der Waals surface area contributed by atoms with Crippen LogP contribution in [0.25, 0.3) is 0 Å². The molecule has 0 aliphatic heterocycles. The molecule has 0 amide bonds. The largest absolute Gasteiger partial charge is 0.434 e. The first-order valence-electron chi connectivity index (χ1n) is 5.85. The third kappa shape index (κ3) is 3.42. The molecular formula is C13H16BrF2NO. The molecule has 1 unspecified atom stereocenters. The molecule has 100 valence electrons. The van der Waals surface area contributed by atoms with Gasteiger partial charge in [-0.1, -0.05) is 29.8 Å². The Morgan fingerprint density at radius 1 is 1.50 bits per heavy atom. The van der Waals surface area contributed by atoms with Gasteiger partial charge in [-0.2, -0.15) is 8.78 Å². The highest BCUT2D eigenvalue weighted by molar-refractivity contribution is 9.10. The summed E-state index contributed by atoms with van der Waals surface area (Å²) in [5.41, 5.74) is 1.06. The Morgan fingerprint density at radius 2 is 2.17 bits per heavy atom. The Kier molecular flexibility index (Phi) is 3.92. The van der Waals surface area contributed by atoms with Gasteiger partial charge in [-0.25, -0.2) is 0 Å². The highest BCUT2D eigenvalue weighted by Crippen LogP contribution is 2.44. The smallest absolute Gasteiger partial charge is 0.387 e. The van der Waals surface area contributed by atoms with Crippen LogP contribution in [0.4, 0.5) is 8.78 Å². The summed E-state index contributed by atoms with van der Waals surface area (Å²) in [5.74, 6) is 0.235. The second-order valence-electron chi connectivity index (χ2n) is 5.26. The van der Waals surface area contributed by atoms with E-state index in [-0.39, 0.29) is 5.75 Å². The molecule has 0 spiro atoms. The second kappa shape index (κ2) is 5.13. The standard InChI is InChI=1S/C13H16BrF2NO/c1-13(2)6-11(13)17-7-8-5-9(14)3-4-10(8)18-12(15)16/h3-5,11-12,17H,6-7H2,1-2H3. The van der Waals surface area contributed by atoms with Gasteiger partial charge in [0.25, 0.3) is 0 Å². The van der Waals surface area contributed by atoms with Gasteiger partial charge in [0.15, 0.2) is 0 Å². The Hall–Kier alpha value is -0.680. The van der Waals surface area contributed by atoms with Gasteiger partial charge < -0.3 is 10.1 Å². The molecule has 1 aliphatic rings. The van der Waals surface area contributed by atoms with Gasteiger partial charge >= 0.3 is 6.61 Å². The van der Waals surface area contributed by atoms with Crippen LogP contribution in [0.1, 0.15) is 25.8 Å². The lowest BCUT2D eigenvalue weighted by atomic mass is 10.1. The monoisotopic (exact) mass is 319 g/mol. The Balaban J connectivity index is 2.03. The zero-order valence-corrected chi connectivity index (χ0v) is 11.9. The van der Waals surface area contributed by atoms with Crippen LogP contribution in [0.5, 0.6) is 5.75 Å². The summed E-state index contributed by atoms with van der Waals surface area (Å²) in [5, 5.41) is 3.36. The van der Waals surface area contributed by atoms with Crippen molar-refractivity contribution in [2.45, 2.75) is 39.5 Å². The van der Waals surface area contributed by atoms with Crippen LogP contribution in [0, 0.1) is 5.41 Å². The molecule has 1 N–H and O–H groups in total. The molecule has 2 nitrogen and oxygen atoms in total. The summed E-state index contributed by atoms with van der Waals surface area (Å²) in [7, 11) is 0. The summed E-state index contributed by atoms with van der Waals surface area (Å²) >= 11 is 3.34. The molecule has 0 aromatic heterocycles. The Labute approximate surface area is 114 Å². The summed E-state index contributed by atoms with van der Waals surface area (Å²) in [6.07, 6.45) is 1.12. The molecule has 0 radical (unpaired) electrons. The van der Waals surface area contributed by atoms with Crippen LogP contribution in [0.15, 0.2) is 22.7 Å². The van der Waals surface area contributed by atoms with Crippen molar-refractivity contribution in [2.75, 3.05) is 0 Å². The maximum absolute atomic E-state index is 12.3. The van der Waals surface area contributed by atoms with Crippen molar-refractivity contribution in [1.82, 2.24) is 5.32 Å². The van der Waals surface area contributed by atoms with Crippen LogP contribution in [-0.2, 0) is 6.54 Å². The van der Waals surface area contributed by atoms with Crippen molar-refractivity contribution in [1.29, 1.82) is 0 Å². The maximum Gasteiger partial charge on any atom is 0.387 e. The van der Waals surface area contributed by atoms with Crippen molar-refractivity contribution in [3.05, 3.63) is 28.2 Å². The molecule has 0 heterocycles.